The highest BCUT2D eigenvalue weighted by atomic mass is 19.1. The number of benzene rings is 1. The molecule has 0 saturated heterocycles. The molecule has 19 heavy (non-hydrogen) atoms. The van der Waals surface area contributed by atoms with Crippen molar-refractivity contribution in [2.75, 3.05) is 0 Å². The predicted molar refractivity (Wildman–Crippen MR) is 71.2 cm³/mol. The van der Waals surface area contributed by atoms with Crippen molar-refractivity contribution >= 4 is 0 Å². The number of nitrogens with two attached hydrogens (primary N) is 1. The molecule has 5 heteroatoms. The van der Waals surface area contributed by atoms with Gasteiger partial charge in [0.2, 0.25) is 0 Å². The normalized spacial score (nSPS) is 12.4. The fraction of sp³-hybridized carbons (Fsp3) is 0.357. The molecule has 0 unspecified atom stereocenters. The summed E-state index contributed by atoms with van der Waals surface area (Å²) < 4.78 is 21.2. The van der Waals surface area contributed by atoms with Gasteiger partial charge in [0.1, 0.15) is 12.4 Å². The Kier molecular flexibility index (Phi) is 4.16. The van der Waals surface area contributed by atoms with E-state index in [9.17, 15) is 4.39 Å². The summed E-state index contributed by atoms with van der Waals surface area (Å²) >= 11 is 0. The molecule has 1 atom stereocenters. The van der Waals surface area contributed by atoms with Gasteiger partial charge in [-0.1, -0.05) is 6.07 Å². The van der Waals surface area contributed by atoms with Crippen molar-refractivity contribution in [1.29, 1.82) is 0 Å². The van der Waals surface area contributed by atoms with Crippen LogP contribution in [0.4, 0.5) is 4.39 Å². The third-order valence-corrected chi connectivity index (χ3v) is 2.98. The Labute approximate surface area is 112 Å². The Hall–Kier alpha value is -1.88. The van der Waals surface area contributed by atoms with Crippen LogP contribution in [-0.2, 0) is 13.2 Å². The minimum atomic E-state index is -0.399. The van der Waals surface area contributed by atoms with Crippen LogP contribution < -0.4 is 10.5 Å². The SMILES string of the molecule is CCn1ccnc1COc1ccc([C@@H](C)N)cc1F. The molecule has 0 aliphatic carbocycles. The van der Waals surface area contributed by atoms with E-state index in [4.69, 9.17) is 10.5 Å². The van der Waals surface area contributed by atoms with Crippen molar-refractivity contribution in [3.05, 3.63) is 47.8 Å². The van der Waals surface area contributed by atoms with E-state index in [0.29, 0.717) is 0 Å². The van der Waals surface area contributed by atoms with Gasteiger partial charge in [-0.3, -0.25) is 0 Å². The Morgan fingerprint density at radius 3 is 2.89 bits per heavy atom. The number of imidazole rings is 1. The molecule has 0 spiro atoms. The van der Waals surface area contributed by atoms with Crippen LogP contribution in [0.25, 0.3) is 0 Å². The van der Waals surface area contributed by atoms with Gasteiger partial charge in [0.25, 0.3) is 0 Å². The Morgan fingerprint density at radius 1 is 1.47 bits per heavy atom. The zero-order valence-corrected chi connectivity index (χ0v) is 11.1. The number of halogens is 1. The smallest absolute Gasteiger partial charge is 0.165 e. The molecule has 0 radical (unpaired) electrons. The second-order valence-corrected chi connectivity index (χ2v) is 4.40. The van der Waals surface area contributed by atoms with Crippen LogP contribution >= 0.6 is 0 Å². The predicted octanol–water partition coefficient (Wildman–Crippen LogP) is 2.64. The van der Waals surface area contributed by atoms with Gasteiger partial charge in [-0.25, -0.2) is 9.37 Å². The lowest BCUT2D eigenvalue weighted by Gasteiger charge is -2.11. The van der Waals surface area contributed by atoms with E-state index in [1.165, 1.54) is 6.07 Å². The minimum absolute atomic E-state index is 0.192. The van der Waals surface area contributed by atoms with Crippen LogP contribution in [0, 0.1) is 5.82 Å². The summed E-state index contributed by atoms with van der Waals surface area (Å²) in [5.74, 6) is 0.595. The quantitative estimate of drug-likeness (QED) is 0.902. The fourth-order valence-corrected chi connectivity index (χ4v) is 1.83. The standard InChI is InChI=1S/C14H18FN3O/c1-3-18-7-6-17-14(18)9-19-13-5-4-11(10(2)16)8-12(13)15/h4-8,10H,3,9,16H2,1-2H3/t10-/m1/s1. The highest BCUT2D eigenvalue weighted by Crippen LogP contribution is 2.21. The fourth-order valence-electron chi connectivity index (χ4n) is 1.83. The number of aromatic nitrogens is 2. The number of aryl methyl sites for hydroxylation is 1. The van der Waals surface area contributed by atoms with E-state index in [1.807, 2.05) is 24.6 Å². The van der Waals surface area contributed by atoms with Crippen LogP contribution in [-0.4, -0.2) is 9.55 Å². The van der Waals surface area contributed by atoms with Gasteiger partial charge in [-0.05, 0) is 31.5 Å². The van der Waals surface area contributed by atoms with E-state index in [-0.39, 0.29) is 18.4 Å². The number of rotatable bonds is 5. The van der Waals surface area contributed by atoms with Gasteiger partial charge >= 0.3 is 0 Å². The van der Waals surface area contributed by atoms with Crippen molar-refractivity contribution in [1.82, 2.24) is 9.55 Å². The molecule has 0 aliphatic heterocycles. The first-order valence-electron chi connectivity index (χ1n) is 6.29. The Bertz CT molecular complexity index is 551. The summed E-state index contributed by atoms with van der Waals surface area (Å²) in [4.78, 5) is 4.17. The Morgan fingerprint density at radius 2 is 2.26 bits per heavy atom. The average molecular weight is 263 g/mol. The molecule has 4 nitrogen and oxygen atoms in total. The molecule has 1 aromatic carbocycles. The first-order valence-corrected chi connectivity index (χ1v) is 6.29. The number of ether oxygens (including phenoxy) is 1. The summed E-state index contributed by atoms with van der Waals surface area (Å²) in [6.45, 7) is 4.89. The number of nitrogens with zero attached hydrogens (tertiary/aromatic N) is 2. The van der Waals surface area contributed by atoms with Gasteiger partial charge in [-0.2, -0.15) is 0 Å². The van der Waals surface area contributed by atoms with E-state index >= 15 is 0 Å². The van der Waals surface area contributed by atoms with Crippen molar-refractivity contribution in [3.8, 4) is 5.75 Å². The molecule has 2 rings (SSSR count). The van der Waals surface area contributed by atoms with Crippen molar-refractivity contribution in [2.24, 2.45) is 5.73 Å². The summed E-state index contributed by atoms with van der Waals surface area (Å²) in [5, 5.41) is 0. The molecule has 1 aromatic heterocycles. The zero-order valence-electron chi connectivity index (χ0n) is 11.1. The summed E-state index contributed by atoms with van der Waals surface area (Å²) in [5.41, 5.74) is 6.45. The average Bonchev–Trinajstić information content (AvgIpc) is 2.84. The molecule has 0 aliphatic rings. The van der Waals surface area contributed by atoms with Crippen LogP contribution in [0.2, 0.25) is 0 Å². The second-order valence-electron chi connectivity index (χ2n) is 4.40. The van der Waals surface area contributed by atoms with Crippen LogP contribution in [0.15, 0.2) is 30.6 Å². The molecular weight excluding hydrogens is 245 g/mol. The molecule has 0 saturated carbocycles. The van der Waals surface area contributed by atoms with Crippen molar-refractivity contribution in [2.45, 2.75) is 33.0 Å². The molecule has 0 amide bonds. The van der Waals surface area contributed by atoms with Gasteiger partial charge < -0.3 is 15.0 Å². The maximum Gasteiger partial charge on any atom is 0.165 e. The lowest BCUT2D eigenvalue weighted by molar-refractivity contribution is 0.275. The molecular formula is C14H18FN3O. The van der Waals surface area contributed by atoms with Gasteiger partial charge in [-0.15, -0.1) is 0 Å². The highest BCUT2D eigenvalue weighted by molar-refractivity contribution is 5.30. The van der Waals surface area contributed by atoms with Crippen LogP contribution in [0.1, 0.15) is 31.3 Å². The number of hydrogen-bond donors (Lipinski definition) is 1. The topological polar surface area (TPSA) is 53.1 Å². The van der Waals surface area contributed by atoms with Gasteiger partial charge in [0, 0.05) is 25.0 Å². The molecule has 102 valence electrons. The van der Waals surface area contributed by atoms with E-state index in [1.54, 1.807) is 18.3 Å². The summed E-state index contributed by atoms with van der Waals surface area (Å²) in [6, 6.07) is 4.59. The third-order valence-electron chi connectivity index (χ3n) is 2.98. The third kappa shape index (κ3) is 3.12. The number of hydrogen-bond acceptors (Lipinski definition) is 3. The zero-order chi connectivity index (χ0) is 13.8. The highest BCUT2D eigenvalue weighted by Gasteiger charge is 2.09. The van der Waals surface area contributed by atoms with Crippen LogP contribution in [0.3, 0.4) is 0 Å². The second kappa shape index (κ2) is 5.84. The van der Waals surface area contributed by atoms with Gasteiger partial charge in [0.05, 0.1) is 0 Å². The first kappa shape index (κ1) is 13.5. The lowest BCUT2D eigenvalue weighted by atomic mass is 10.1. The monoisotopic (exact) mass is 263 g/mol. The van der Waals surface area contributed by atoms with E-state index in [2.05, 4.69) is 4.98 Å². The van der Waals surface area contributed by atoms with E-state index in [0.717, 1.165) is 17.9 Å². The maximum absolute atomic E-state index is 13.8. The lowest BCUT2D eigenvalue weighted by Crippen LogP contribution is -2.08. The molecule has 2 N–H and O–H groups in total. The summed E-state index contributed by atoms with van der Waals surface area (Å²) in [7, 11) is 0. The largest absolute Gasteiger partial charge is 0.483 e. The van der Waals surface area contributed by atoms with E-state index < -0.39 is 5.82 Å². The molecule has 1 heterocycles. The summed E-state index contributed by atoms with van der Waals surface area (Å²) in [6.07, 6.45) is 3.58. The molecule has 2 aromatic rings. The van der Waals surface area contributed by atoms with Crippen molar-refractivity contribution < 1.29 is 9.13 Å². The first-order chi connectivity index (χ1) is 9.11. The van der Waals surface area contributed by atoms with Gasteiger partial charge in [0.15, 0.2) is 11.6 Å². The van der Waals surface area contributed by atoms with Crippen LogP contribution in [0.5, 0.6) is 5.75 Å². The van der Waals surface area contributed by atoms with Crippen molar-refractivity contribution in [3.63, 3.8) is 0 Å². The molecule has 0 bridgehead atoms. The minimum Gasteiger partial charge on any atom is -0.483 e. The Balaban J connectivity index is 2.08. The molecule has 0 fully saturated rings. The maximum atomic E-state index is 13.8.